The van der Waals surface area contributed by atoms with E-state index in [9.17, 15) is 0 Å². The molecule has 1 aromatic carbocycles. The van der Waals surface area contributed by atoms with Crippen molar-refractivity contribution in [1.82, 2.24) is 5.32 Å². The van der Waals surface area contributed by atoms with Crippen LogP contribution < -0.4 is 5.32 Å². The van der Waals surface area contributed by atoms with Gasteiger partial charge >= 0.3 is 0 Å². The van der Waals surface area contributed by atoms with Crippen LogP contribution in [0.5, 0.6) is 0 Å². The van der Waals surface area contributed by atoms with Crippen LogP contribution in [0.3, 0.4) is 0 Å². The Bertz CT molecular complexity index is 345. The van der Waals surface area contributed by atoms with Crippen LogP contribution >= 0.6 is 11.8 Å². The van der Waals surface area contributed by atoms with E-state index in [0.717, 1.165) is 18.0 Å². The molecular weight excluding hydrogens is 206 g/mol. The molecule has 0 spiro atoms. The lowest BCUT2D eigenvalue weighted by molar-refractivity contribution is 0.566. The van der Waals surface area contributed by atoms with E-state index in [1.165, 1.54) is 11.3 Å². The average Bonchev–Trinajstić information content (AvgIpc) is 2.29. The highest BCUT2D eigenvalue weighted by Gasteiger charge is 2.10. The zero-order valence-corrected chi connectivity index (χ0v) is 9.63. The average molecular weight is 221 g/mol. The minimum Gasteiger partial charge on any atom is -0.293 e. The van der Waals surface area contributed by atoms with Gasteiger partial charge in [-0.25, -0.2) is 0 Å². The van der Waals surface area contributed by atoms with E-state index in [0.29, 0.717) is 0 Å². The van der Waals surface area contributed by atoms with Gasteiger partial charge in [-0.2, -0.15) is 22.0 Å². The van der Waals surface area contributed by atoms with E-state index in [4.69, 9.17) is 0 Å². The number of nitrogens with one attached hydrogen (secondary N) is 1. The summed E-state index contributed by atoms with van der Waals surface area (Å²) >= 11 is 1.93. The molecule has 15 heavy (non-hydrogen) atoms. The Morgan fingerprint density at radius 2 is 2.27 bits per heavy atom. The van der Waals surface area contributed by atoms with Gasteiger partial charge in [0.2, 0.25) is 0 Å². The number of nitrogens with zero attached hydrogens (tertiary/aromatic N) is 2. The summed E-state index contributed by atoms with van der Waals surface area (Å²) < 4.78 is 0. The minimum absolute atomic E-state index is 0.184. The fourth-order valence-electron chi connectivity index (χ4n) is 1.43. The Hall–Kier alpha value is -0.870. The van der Waals surface area contributed by atoms with E-state index in [2.05, 4.69) is 28.5 Å². The van der Waals surface area contributed by atoms with Crippen LogP contribution in [-0.2, 0) is 0 Å². The molecule has 1 atom stereocenters. The summed E-state index contributed by atoms with van der Waals surface area (Å²) in [5.41, 5.74) is 2.14. The summed E-state index contributed by atoms with van der Waals surface area (Å²) in [5, 5.41) is 11.9. The van der Waals surface area contributed by atoms with Crippen molar-refractivity contribution in [3.8, 4) is 0 Å². The van der Waals surface area contributed by atoms with E-state index in [1.54, 1.807) is 0 Å². The van der Waals surface area contributed by atoms with Crippen molar-refractivity contribution in [3.63, 3.8) is 0 Å². The van der Waals surface area contributed by atoms with Gasteiger partial charge in [0.25, 0.3) is 0 Å². The van der Waals surface area contributed by atoms with Crippen LogP contribution in [0.4, 0.5) is 5.69 Å². The molecule has 1 fully saturated rings. The maximum absolute atomic E-state index is 4.31. The normalized spacial score (nSPS) is 22.1. The third kappa shape index (κ3) is 3.04. The van der Waals surface area contributed by atoms with Gasteiger partial charge in [-0.3, -0.25) is 5.32 Å². The van der Waals surface area contributed by atoms with Crippen molar-refractivity contribution >= 4 is 17.4 Å². The molecule has 0 aliphatic carbocycles. The van der Waals surface area contributed by atoms with Crippen LogP contribution in [0, 0.1) is 6.92 Å². The van der Waals surface area contributed by atoms with Crippen molar-refractivity contribution in [2.45, 2.75) is 13.1 Å². The zero-order chi connectivity index (χ0) is 10.5. The lowest BCUT2D eigenvalue weighted by Crippen LogP contribution is -2.35. The van der Waals surface area contributed by atoms with Crippen LogP contribution in [0.25, 0.3) is 0 Å². The van der Waals surface area contributed by atoms with Crippen LogP contribution in [-0.4, -0.2) is 24.2 Å². The Morgan fingerprint density at radius 1 is 1.40 bits per heavy atom. The van der Waals surface area contributed by atoms with E-state index in [-0.39, 0.29) is 6.17 Å². The van der Waals surface area contributed by atoms with Gasteiger partial charge in [-0.15, -0.1) is 0 Å². The van der Waals surface area contributed by atoms with Crippen LogP contribution in [0.2, 0.25) is 0 Å². The first-order valence-electron chi connectivity index (χ1n) is 5.14. The van der Waals surface area contributed by atoms with E-state index < -0.39 is 0 Å². The minimum atomic E-state index is 0.184. The molecule has 0 radical (unpaired) electrons. The summed E-state index contributed by atoms with van der Waals surface area (Å²) in [7, 11) is 0. The standard InChI is InChI=1S/C11H15N3S/c1-9-4-2-3-5-10(9)13-14-11-8-15-7-6-12-11/h2-5,11-12H,6-8H2,1H3. The number of thioether (sulfide) groups is 1. The number of aryl methyl sites for hydroxylation is 1. The molecule has 1 N–H and O–H groups in total. The SMILES string of the molecule is Cc1ccccc1N=NC1CSCCN1. The smallest absolute Gasteiger partial charge is 0.130 e. The predicted octanol–water partition coefficient (Wildman–Crippen LogP) is 2.74. The molecule has 3 nitrogen and oxygen atoms in total. The van der Waals surface area contributed by atoms with Crippen LogP contribution in [0.15, 0.2) is 34.5 Å². The van der Waals surface area contributed by atoms with Crippen molar-refractivity contribution in [2.75, 3.05) is 18.1 Å². The molecule has 1 aromatic rings. The highest BCUT2D eigenvalue weighted by molar-refractivity contribution is 7.99. The highest BCUT2D eigenvalue weighted by atomic mass is 32.2. The maximum Gasteiger partial charge on any atom is 0.130 e. The molecule has 0 aromatic heterocycles. The molecule has 1 unspecified atom stereocenters. The fourth-order valence-corrected chi connectivity index (χ4v) is 2.27. The van der Waals surface area contributed by atoms with Crippen molar-refractivity contribution in [2.24, 2.45) is 10.2 Å². The summed E-state index contributed by atoms with van der Waals surface area (Å²) in [6.07, 6.45) is 0.184. The second-order valence-electron chi connectivity index (χ2n) is 3.55. The molecule has 0 bridgehead atoms. The number of benzene rings is 1. The molecule has 4 heteroatoms. The van der Waals surface area contributed by atoms with E-state index in [1.807, 2.05) is 30.0 Å². The number of hydrogen-bond donors (Lipinski definition) is 1. The van der Waals surface area contributed by atoms with Crippen molar-refractivity contribution < 1.29 is 0 Å². The lowest BCUT2D eigenvalue weighted by Gasteiger charge is -2.17. The molecule has 1 saturated heterocycles. The molecule has 1 aliphatic rings. The van der Waals surface area contributed by atoms with Gasteiger partial charge in [0.05, 0.1) is 5.69 Å². The first-order chi connectivity index (χ1) is 7.36. The molecular formula is C11H15N3S. The Labute approximate surface area is 94.4 Å². The third-order valence-corrected chi connectivity index (χ3v) is 3.37. The first kappa shape index (κ1) is 10.6. The summed E-state index contributed by atoms with van der Waals surface area (Å²) in [6.45, 7) is 3.08. The quantitative estimate of drug-likeness (QED) is 0.780. The lowest BCUT2D eigenvalue weighted by atomic mass is 10.2. The topological polar surface area (TPSA) is 36.8 Å². The third-order valence-electron chi connectivity index (χ3n) is 2.32. The summed E-state index contributed by atoms with van der Waals surface area (Å²) in [6, 6.07) is 8.06. The Kier molecular flexibility index (Phi) is 3.75. The second-order valence-corrected chi connectivity index (χ2v) is 4.70. The number of hydrogen-bond acceptors (Lipinski definition) is 4. The fraction of sp³-hybridized carbons (Fsp3) is 0.455. The number of rotatable bonds is 2. The first-order valence-corrected chi connectivity index (χ1v) is 6.29. The summed E-state index contributed by atoms with van der Waals surface area (Å²) in [4.78, 5) is 0. The molecule has 80 valence electrons. The Morgan fingerprint density at radius 3 is 3.00 bits per heavy atom. The predicted molar refractivity (Wildman–Crippen MR) is 64.8 cm³/mol. The Balaban J connectivity index is 2.01. The molecule has 2 rings (SSSR count). The van der Waals surface area contributed by atoms with Gasteiger partial charge < -0.3 is 0 Å². The van der Waals surface area contributed by atoms with Crippen LogP contribution in [0.1, 0.15) is 5.56 Å². The summed E-state index contributed by atoms with van der Waals surface area (Å²) in [5.74, 6) is 2.20. The van der Waals surface area contributed by atoms with E-state index >= 15 is 0 Å². The monoisotopic (exact) mass is 221 g/mol. The van der Waals surface area contributed by atoms with Gasteiger partial charge in [-0.1, -0.05) is 18.2 Å². The molecule has 0 saturated carbocycles. The van der Waals surface area contributed by atoms with Crippen molar-refractivity contribution in [3.05, 3.63) is 29.8 Å². The largest absolute Gasteiger partial charge is 0.293 e. The molecule has 1 heterocycles. The van der Waals surface area contributed by atoms with Gasteiger partial charge in [0.15, 0.2) is 0 Å². The number of azo groups is 1. The highest BCUT2D eigenvalue weighted by Crippen LogP contribution is 2.18. The van der Waals surface area contributed by atoms with Gasteiger partial charge in [-0.05, 0) is 18.6 Å². The maximum atomic E-state index is 4.31. The second kappa shape index (κ2) is 5.28. The zero-order valence-electron chi connectivity index (χ0n) is 8.81. The molecule has 1 aliphatic heterocycles. The van der Waals surface area contributed by atoms with Gasteiger partial charge in [0, 0.05) is 18.1 Å². The van der Waals surface area contributed by atoms with Gasteiger partial charge in [0.1, 0.15) is 6.17 Å². The van der Waals surface area contributed by atoms with Crippen molar-refractivity contribution in [1.29, 1.82) is 0 Å². The molecule has 0 amide bonds.